The third-order valence-corrected chi connectivity index (χ3v) is 4.25. The fraction of sp³-hybridized carbons (Fsp3) is 0.533. The second kappa shape index (κ2) is 7.04. The van der Waals surface area contributed by atoms with Crippen molar-refractivity contribution in [1.29, 1.82) is 0 Å². The van der Waals surface area contributed by atoms with E-state index in [-0.39, 0.29) is 23.9 Å². The van der Waals surface area contributed by atoms with Crippen molar-refractivity contribution in [2.24, 2.45) is 0 Å². The summed E-state index contributed by atoms with van der Waals surface area (Å²) in [5.74, 6) is -0.587. The van der Waals surface area contributed by atoms with Gasteiger partial charge < -0.3 is 10.6 Å². The van der Waals surface area contributed by atoms with E-state index >= 15 is 0 Å². The lowest BCUT2D eigenvalue weighted by molar-refractivity contribution is -0.121. The lowest BCUT2D eigenvalue weighted by Crippen LogP contribution is -2.41. The van der Waals surface area contributed by atoms with Crippen LogP contribution in [0.5, 0.6) is 0 Å². The minimum Gasteiger partial charge on any atom is -0.353 e. The maximum absolute atomic E-state index is 13.6. The molecule has 1 aliphatic carbocycles. The molecule has 0 bridgehead atoms. The largest absolute Gasteiger partial charge is 0.353 e. The van der Waals surface area contributed by atoms with Crippen LogP contribution in [0.15, 0.2) is 18.2 Å². The molecule has 20 heavy (non-hydrogen) atoms. The molecular formula is C15H20ClFN2O. The standard InChI is InChI=1S/C15H20ClFN2O/c1-18-10-5-7-11(8-6-10)19-15(20)9-12-13(16)3-2-4-14(12)17/h2-4,10-11,18H,5-9H2,1H3,(H,19,20). The summed E-state index contributed by atoms with van der Waals surface area (Å²) >= 11 is 5.93. The van der Waals surface area contributed by atoms with Crippen LogP contribution < -0.4 is 10.6 Å². The van der Waals surface area contributed by atoms with E-state index in [0.29, 0.717) is 11.1 Å². The first-order valence-corrected chi connectivity index (χ1v) is 7.37. The molecule has 2 N–H and O–H groups in total. The Balaban J connectivity index is 1.87. The number of halogens is 2. The second-order valence-corrected chi connectivity index (χ2v) is 5.69. The molecule has 0 saturated heterocycles. The van der Waals surface area contributed by atoms with E-state index in [9.17, 15) is 9.18 Å². The molecule has 2 rings (SSSR count). The molecule has 0 heterocycles. The van der Waals surface area contributed by atoms with Crippen molar-refractivity contribution in [3.8, 4) is 0 Å². The zero-order valence-corrected chi connectivity index (χ0v) is 12.3. The summed E-state index contributed by atoms with van der Waals surface area (Å²) in [4.78, 5) is 12.0. The van der Waals surface area contributed by atoms with E-state index in [0.717, 1.165) is 25.7 Å². The lowest BCUT2D eigenvalue weighted by atomic mass is 9.91. The molecule has 110 valence electrons. The SMILES string of the molecule is CNC1CCC(NC(=O)Cc2c(F)cccc2Cl)CC1. The third kappa shape index (κ3) is 3.93. The van der Waals surface area contributed by atoms with Crippen molar-refractivity contribution in [3.63, 3.8) is 0 Å². The Morgan fingerprint density at radius 2 is 1.95 bits per heavy atom. The average molecular weight is 299 g/mol. The minimum absolute atomic E-state index is 0.00252. The summed E-state index contributed by atoms with van der Waals surface area (Å²) < 4.78 is 13.6. The molecule has 1 fully saturated rings. The number of carbonyl (C=O) groups is 1. The van der Waals surface area contributed by atoms with Crippen molar-refractivity contribution >= 4 is 17.5 Å². The van der Waals surface area contributed by atoms with E-state index in [1.807, 2.05) is 7.05 Å². The van der Waals surface area contributed by atoms with Gasteiger partial charge in [-0.15, -0.1) is 0 Å². The minimum atomic E-state index is -0.424. The Labute approximate surface area is 123 Å². The molecule has 5 heteroatoms. The molecular weight excluding hydrogens is 279 g/mol. The Morgan fingerprint density at radius 3 is 2.55 bits per heavy atom. The maximum atomic E-state index is 13.6. The predicted octanol–water partition coefficient (Wildman–Crippen LogP) is 2.67. The van der Waals surface area contributed by atoms with Crippen molar-refractivity contribution in [2.45, 2.75) is 44.2 Å². The monoisotopic (exact) mass is 298 g/mol. The summed E-state index contributed by atoms with van der Waals surface area (Å²) in [6.45, 7) is 0. The smallest absolute Gasteiger partial charge is 0.224 e. The number of rotatable bonds is 4. The Morgan fingerprint density at radius 1 is 1.30 bits per heavy atom. The molecule has 0 aliphatic heterocycles. The summed E-state index contributed by atoms with van der Waals surface area (Å²) in [6, 6.07) is 5.21. The quantitative estimate of drug-likeness (QED) is 0.897. The molecule has 1 aromatic carbocycles. The van der Waals surface area contributed by atoms with E-state index < -0.39 is 5.82 Å². The first-order chi connectivity index (χ1) is 9.60. The number of hydrogen-bond donors (Lipinski definition) is 2. The van der Waals surface area contributed by atoms with Crippen LogP contribution in [-0.2, 0) is 11.2 Å². The normalized spacial score (nSPS) is 22.6. The van der Waals surface area contributed by atoms with Gasteiger partial charge in [0.15, 0.2) is 0 Å². The first kappa shape index (κ1) is 15.3. The van der Waals surface area contributed by atoms with Gasteiger partial charge in [-0.3, -0.25) is 4.79 Å². The highest BCUT2D eigenvalue weighted by molar-refractivity contribution is 6.31. The summed E-state index contributed by atoms with van der Waals surface area (Å²) in [5, 5.41) is 6.53. The zero-order valence-electron chi connectivity index (χ0n) is 11.6. The average Bonchev–Trinajstić information content (AvgIpc) is 2.44. The number of benzene rings is 1. The molecule has 3 nitrogen and oxygen atoms in total. The Bertz CT molecular complexity index is 453. The van der Waals surface area contributed by atoms with Crippen molar-refractivity contribution in [3.05, 3.63) is 34.6 Å². The molecule has 1 aromatic rings. The van der Waals surface area contributed by atoms with E-state index in [4.69, 9.17) is 11.6 Å². The third-order valence-electron chi connectivity index (χ3n) is 3.90. The fourth-order valence-corrected chi connectivity index (χ4v) is 2.90. The van der Waals surface area contributed by atoms with Crippen molar-refractivity contribution in [2.75, 3.05) is 7.05 Å². The number of carbonyl (C=O) groups excluding carboxylic acids is 1. The highest BCUT2D eigenvalue weighted by Crippen LogP contribution is 2.21. The predicted molar refractivity (Wildman–Crippen MR) is 78.4 cm³/mol. The number of amides is 1. The molecule has 0 spiro atoms. The van der Waals surface area contributed by atoms with E-state index in [1.54, 1.807) is 6.07 Å². The number of hydrogen-bond acceptors (Lipinski definition) is 2. The van der Waals surface area contributed by atoms with Crippen LogP contribution in [0.25, 0.3) is 0 Å². The number of nitrogens with one attached hydrogen (secondary N) is 2. The molecule has 1 saturated carbocycles. The van der Waals surface area contributed by atoms with Crippen LogP contribution in [0.2, 0.25) is 5.02 Å². The van der Waals surface area contributed by atoms with Crippen LogP contribution in [0, 0.1) is 5.82 Å². The van der Waals surface area contributed by atoms with Gasteiger partial charge in [-0.1, -0.05) is 17.7 Å². The van der Waals surface area contributed by atoms with Crippen LogP contribution in [0.3, 0.4) is 0 Å². The van der Waals surface area contributed by atoms with Gasteiger partial charge in [0, 0.05) is 22.7 Å². The highest BCUT2D eigenvalue weighted by Gasteiger charge is 2.22. The maximum Gasteiger partial charge on any atom is 0.224 e. The van der Waals surface area contributed by atoms with E-state index in [2.05, 4.69) is 10.6 Å². The summed E-state index contributed by atoms with van der Waals surface area (Å²) in [5.41, 5.74) is 0.274. The lowest BCUT2D eigenvalue weighted by Gasteiger charge is -2.28. The van der Waals surface area contributed by atoms with Gasteiger partial charge >= 0.3 is 0 Å². The van der Waals surface area contributed by atoms with Gasteiger partial charge in [0.2, 0.25) is 5.91 Å². The zero-order chi connectivity index (χ0) is 14.5. The fourth-order valence-electron chi connectivity index (χ4n) is 2.67. The Hall–Kier alpha value is -1.13. The van der Waals surface area contributed by atoms with Crippen LogP contribution >= 0.6 is 11.6 Å². The molecule has 1 amide bonds. The van der Waals surface area contributed by atoms with E-state index in [1.165, 1.54) is 12.1 Å². The first-order valence-electron chi connectivity index (χ1n) is 6.99. The topological polar surface area (TPSA) is 41.1 Å². The highest BCUT2D eigenvalue weighted by atomic mass is 35.5. The van der Waals surface area contributed by atoms with Gasteiger partial charge in [-0.05, 0) is 44.9 Å². The second-order valence-electron chi connectivity index (χ2n) is 5.28. The summed E-state index contributed by atoms with van der Waals surface area (Å²) in [6.07, 6.45) is 4.03. The molecule has 0 unspecified atom stereocenters. The van der Waals surface area contributed by atoms with Crippen LogP contribution in [0.4, 0.5) is 4.39 Å². The molecule has 0 aromatic heterocycles. The van der Waals surface area contributed by atoms with Gasteiger partial charge in [0.1, 0.15) is 5.82 Å². The van der Waals surface area contributed by atoms with Crippen LogP contribution in [-0.4, -0.2) is 25.0 Å². The van der Waals surface area contributed by atoms with Crippen molar-refractivity contribution < 1.29 is 9.18 Å². The molecule has 0 radical (unpaired) electrons. The van der Waals surface area contributed by atoms with Gasteiger partial charge in [-0.25, -0.2) is 4.39 Å². The van der Waals surface area contributed by atoms with Gasteiger partial charge in [0.05, 0.1) is 6.42 Å². The Kier molecular flexibility index (Phi) is 5.38. The molecule has 1 aliphatic rings. The van der Waals surface area contributed by atoms with Gasteiger partial charge in [0.25, 0.3) is 0 Å². The molecule has 0 atom stereocenters. The van der Waals surface area contributed by atoms with Gasteiger partial charge in [-0.2, -0.15) is 0 Å². The summed E-state index contributed by atoms with van der Waals surface area (Å²) in [7, 11) is 1.96. The van der Waals surface area contributed by atoms with Crippen LogP contribution in [0.1, 0.15) is 31.2 Å². The van der Waals surface area contributed by atoms with Crippen molar-refractivity contribution in [1.82, 2.24) is 10.6 Å².